The zero-order valence-electron chi connectivity index (χ0n) is 10.7. The smallest absolute Gasteiger partial charge is 0.239 e. The van der Waals surface area contributed by atoms with Gasteiger partial charge in [-0.1, -0.05) is 28.1 Å². The number of likely N-dealkylation sites (N-methyl/N-ethyl adjacent to an activating group) is 1. The Labute approximate surface area is 121 Å². The largest absolute Gasteiger partial charge is 0.340 e. The van der Waals surface area contributed by atoms with Crippen LogP contribution in [0.4, 0.5) is 0 Å². The number of benzene rings is 1. The van der Waals surface area contributed by atoms with Gasteiger partial charge in [0, 0.05) is 18.1 Å². The molecule has 100 valence electrons. The topological polar surface area (TPSA) is 46.3 Å². The van der Waals surface area contributed by atoms with E-state index in [-0.39, 0.29) is 5.91 Å². The molecule has 18 heavy (non-hydrogen) atoms. The predicted octanol–water partition coefficient (Wildman–Crippen LogP) is 2.49. The second-order valence-corrected chi connectivity index (χ2v) is 6.11. The van der Waals surface area contributed by atoms with E-state index in [9.17, 15) is 4.79 Å². The average Bonchev–Trinajstić information content (AvgIpc) is 2.35. The monoisotopic (exact) mass is 330 g/mol. The predicted molar refractivity (Wildman–Crippen MR) is 81.6 cm³/mol. The molecule has 0 bridgehead atoms. The molecule has 0 saturated heterocycles. The summed E-state index contributed by atoms with van der Waals surface area (Å²) >= 11 is 5.13. The molecule has 0 aliphatic rings. The van der Waals surface area contributed by atoms with Gasteiger partial charge >= 0.3 is 0 Å². The maximum Gasteiger partial charge on any atom is 0.239 e. The molecule has 1 aromatic rings. The number of amides is 1. The molecule has 0 aliphatic heterocycles. The van der Waals surface area contributed by atoms with Gasteiger partial charge in [0.05, 0.1) is 6.04 Å². The second kappa shape index (κ2) is 7.81. The highest BCUT2D eigenvalue weighted by molar-refractivity contribution is 9.10. The van der Waals surface area contributed by atoms with Crippen LogP contribution < -0.4 is 5.73 Å². The van der Waals surface area contributed by atoms with Crippen LogP contribution in [0, 0.1) is 0 Å². The van der Waals surface area contributed by atoms with Crippen LogP contribution in [-0.4, -0.2) is 35.9 Å². The third-order valence-corrected chi connectivity index (χ3v) is 3.77. The molecule has 0 fully saturated rings. The van der Waals surface area contributed by atoms with Crippen LogP contribution in [-0.2, 0) is 11.3 Å². The van der Waals surface area contributed by atoms with Crippen molar-refractivity contribution in [2.75, 3.05) is 19.1 Å². The maximum atomic E-state index is 12.0. The van der Waals surface area contributed by atoms with Crippen LogP contribution in [0.2, 0.25) is 0 Å². The molecule has 0 radical (unpaired) electrons. The molecule has 0 heterocycles. The first-order valence-corrected chi connectivity index (χ1v) is 7.97. The van der Waals surface area contributed by atoms with Gasteiger partial charge in [0.2, 0.25) is 5.91 Å². The lowest BCUT2D eigenvalue weighted by atomic mass is 10.2. The van der Waals surface area contributed by atoms with Gasteiger partial charge in [0.25, 0.3) is 0 Å². The van der Waals surface area contributed by atoms with E-state index < -0.39 is 6.04 Å². The van der Waals surface area contributed by atoms with Crippen LogP contribution in [0.5, 0.6) is 0 Å². The van der Waals surface area contributed by atoms with Crippen molar-refractivity contribution in [1.82, 2.24) is 4.90 Å². The fourth-order valence-electron chi connectivity index (χ4n) is 1.64. The second-order valence-electron chi connectivity index (χ2n) is 4.21. The Morgan fingerprint density at radius 1 is 1.56 bits per heavy atom. The molecule has 0 saturated carbocycles. The van der Waals surface area contributed by atoms with Crippen molar-refractivity contribution in [1.29, 1.82) is 0 Å². The highest BCUT2D eigenvalue weighted by atomic mass is 79.9. The van der Waals surface area contributed by atoms with Crippen molar-refractivity contribution >= 4 is 33.6 Å². The first kappa shape index (κ1) is 15.5. The highest BCUT2D eigenvalue weighted by Gasteiger charge is 2.17. The quantitative estimate of drug-likeness (QED) is 0.871. The first-order chi connectivity index (χ1) is 8.54. The van der Waals surface area contributed by atoms with E-state index in [1.165, 1.54) is 0 Å². The molecule has 0 aromatic heterocycles. The van der Waals surface area contributed by atoms with E-state index in [0.29, 0.717) is 6.54 Å². The summed E-state index contributed by atoms with van der Waals surface area (Å²) < 4.78 is 1.02. The number of hydrogen-bond acceptors (Lipinski definition) is 3. The van der Waals surface area contributed by atoms with Gasteiger partial charge in [0.1, 0.15) is 0 Å². The normalized spacial score (nSPS) is 12.2. The van der Waals surface area contributed by atoms with Gasteiger partial charge in [-0.2, -0.15) is 11.8 Å². The maximum absolute atomic E-state index is 12.0. The third kappa shape index (κ3) is 5.00. The Morgan fingerprint density at radius 3 is 2.89 bits per heavy atom. The van der Waals surface area contributed by atoms with Gasteiger partial charge < -0.3 is 10.6 Å². The number of nitrogens with zero attached hydrogens (tertiary/aromatic N) is 1. The summed E-state index contributed by atoms with van der Waals surface area (Å²) in [6.45, 7) is 0.589. The molecular formula is C13H19BrN2OS. The summed E-state index contributed by atoms with van der Waals surface area (Å²) in [4.78, 5) is 13.7. The van der Waals surface area contributed by atoms with E-state index in [1.807, 2.05) is 30.5 Å². The van der Waals surface area contributed by atoms with Crippen molar-refractivity contribution < 1.29 is 4.79 Å². The Balaban J connectivity index is 2.54. The number of halogens is 1. The summed E-state index contributed by atoms with van der Waals surface area (Å²) in [5, 5.41) is 0. The lowest BCUT2D eigenvalue weighted by Crippen LogP contribution is -2.41. The highest BCUT2D eigenvalue weighted by Crippen LogP contribution is 2.13. The van der Waals surface area contributed by atoms with E-state index in [4.69, 9.17) is 5.73 Å². The van der Waals surface area contributed by atoms with E-state index >= 15 is 0 Å². The Hall–Kier alpha value is -0.520. The van der Waals surface area contributed by atoms with Crippen molar-refractivity contribution in [3.63, 3.8) is 0 Å². The molecule has 0 aliphatic carbocycles. The SMILES string of the molecule is CSCC[C@@H](N)C(=O)N(C)Cc1cccc(Br)c1. The number of hydrogen-bond donors (Lipinski definition) is 1. The zero-order valence-corrected chi connectivity index (χ0v) is 13.1. The van der Waals surface area contributed by atoms with E-state index in [2.05, 4.69) is 15.9 Å². The van der Waals surface area contributed by atoms with Crippen LogP contribution in [0.25, 0.3) is 0 Å². The molecule has 0 spiro atoms. The standard InChI is InChI=1S/C13H19BrN2OS/c1-16(13(17)12(15)6-7-18-2)9-10-4-3-5-11(14)8-10/h3-5,8,12H,6-7,9,15H2,1-2H3/t12-/m1/s1. The van der Waals surface area contributed by atoms with Crippen molar-refractivity contribution in [3.8, 4) is 0 Å². The average molecular weight is 331 g/mol. The minimum Gasteiger partial charge on any atom is -0.340 e. The first-order valence-electron chi connectivity index (χ1n) is 5.78. The minimum atomic E-state index is -0.394. The van der Waals surface area contributed by atoms with Crippen molar-refractivity contribution in [2.24, 2.45) is 5.73 Å². The number of carbonyl (C=O) groups is 1. The van der Waals surface area contributed by atoms with Crippen molar-refractivity contribution in [3.05, 3.63) is 34.3 Å². The van der Waals surface area contributed by atoms with Gasteiger partial charge in [-0.25, -0.2) is 0 Å². The van der Waals surface area contributed by atoms with Gasteiger partial charge in [-0.15, -0.1) is 0 Å². The van der Waals surface area contributed by atoms with Crippen LogP contribution in [0.3, 0.4) is 0 Å². The molecule has 1 atom stereocenters. The molecule has 5 heteroatoms. The van der Waals surface area contributed by atoms with Gasteiger partial charge in [0.15, 0.2) is 0 Å². The minimum absolute atomic E-state index is 0.00373. The number of carbonyl (C=O) groups excluding carboxylic acids is 1. The summed E-state index contributed by atoms with van der Waals surface area (Å²) in [6.07, 6.45) is 2.74. The summed E-state index contributed by atoms with van der Waals surface area (Å²) in [5.41, 5.74) is 6.97. The van der Waals surface area contributed by atoms with Crippen LogP contribution in [0.1, 0.15) is 12.0 Å². The third-order valence-electron chi connectivity index (χ3n) is 2.64. The zero-order chi connectivity index (χ0) is 13.5. The summed E-state index contributed by atoms with van der Waals surface area (Å²) in [6, 6.07) is 7.55. The van der Waals surface area contributed by atoms with Crippen molar-refractivity contribution in [2.45, 2.75) is 19.0 Å². The molecule has 1 amide bonds. The number of thioether (sulfide) groups is 1. The molecule has 1 rings (SSSR count). The lowest BCUT2D eigenvalue weighted by molar-refractivity contribution is -0.131. The van der Waals surface area contributed by atoms with E-state index in [0.717, 1.165) is 22.2 Å². The molecule has 3 nitrogen and oxygen atoms in total. The fourth-order valence-corrected chi connectivity index (χ4v) is 2.57. The Kier molecular flexibility index (Phi) is 6.75. The van der Waals surface area contributed by atoms with Crippen LogP contribution in [0.15, 0.2) is 28.7 Å². The Bertz CT molecular complexity index is 400. The molecule has 0 unspecified atom stereocenters. The van der Waals surface area contributed by atoms with Gasteiger partial charge in [-0.05, 0) is 36.1 Å². The molecular weight excluding hydrogens is 312 g/mol. The fraction of sp³-hybridized carbons (Fsp3) is 0.462. The van der Waals surface area contributed by atoms with Gasteiger partial charge in [-0.3, -0.25) is 4.79 Å². The lowest BCUT2D eigenvalue weighted by Gasteiger charge is -2.21. The number of nitrogens with two attached hydrogens (primary N) is 1. The van der Waals surface area contributed by atoms with E-state index in [1.54, 1.807) is 23.7 Å². The molecule has 1 aromatic carbocycles. The molecule has 2 N–H and O–H groups in total. The number of rotatable bonds is 6. The van der Waals surface area contributed by atoms with Crippen LogP contribution >= 0.6 is 27.7 Å². The Morgan fingerprint density at radius 2 is 2.28 bits per heavy atom. The summed E-state index contributed by atoms with van der Waals surface area (Å²) in [7, 11) is 1.79. The summed E-state index contributed by atoms with van der Waals surface area (Å²) in [5.74, 6) is 0.918.